The van der Waals surface area contributed by atoms with Gasteiger partial charge in [0.05, 0.1) is 17.5 Å². The smallest absolute Gasteiger partial charge is 0.418 e. The lowest BCUT2D eigenvalue weighted by Gasteiger charge is -2.50. The number of aromatic nitrogens is 1. The minimum absolute atomic E-state index is 0.0468. The standard InChI is InChI=1S/C23H26N6O11S2/c1-23(2)18(20(32)29(23)40-42(35,36)37)27-19(31)17(15-11-41-22(24)26-15)28-39-16(21(33)34)10-38-13-6-4-12(5-7-13)14(25-3)8-9-30/h4-9,11,16,18,30H,10H2,1-3H3,(H2,24,26)(H,27,31)(H,33,34)(H,35,36,37)/b9-8-,25-14-,28-17-/t16-,18+/m0/s1. The lowest BCUT2D eigenvalue weighted by atomic mass is 9.84. The number of allylic oxidation sites excluding steroid dienone is 1. The fourth-order valence-electron chi connectivity index (χ4n) is 3.55. The maximum atomic E-state index is 13.1. The zero-order valence-corrected chi connectivity index (χ0v) is 23.8. The summed E-state index contributed by atoms with van der Waals surface area (Å²) in [5, 5.41) is 26.3. The van der Waals surface area contributed by atoms with Crippen molar-refractivity contribution in [3.8, 4) is 5.75 Å². The third-order valence-electron chi connectivity index (χ3n) is 5.67. The van der Waals surface area contributed by atoms with E-state index in [1.807, 2.05) is 0 Å². The van der Waals surface area contributed by atoms with Gasteiger partial charge in [0.2, 0.25) is 0 Å². The van der Waals surface area contributed by atoms with Crippen LogP contribution in [0, 0.1) is 0 Å². The van der Waals surface area contributed by atoms with Crippen molar-refractivity contribution in [3.63, 3.8) is 0 Å². The Hall–Kier alpha value is -4.59. The Morgan fingerprint density at radius 3 is 2.48 bits per heavy atom. The predicted molar refractivity (Wildman–Crippen MR) is 147 cm³/mol. The number of hydroxylamine groups is 2. The number of hydrogen-bond donors (Lipinski definition) is 5. The summed E-state index contributed by atoms with van der Waals surface area (Å²) in [5.74, 6) is -3.25. The summed E-state index contributed by atoms with van der Waals surface area (Å²) in [7, 11) is -3.47. The number of nitrogen functional groups attached to an aromatic ring is 1. The van der Waals surface area contributed by atoms with Gasteiger partial charge in [0.25, 0.3) is 17.9 Å². The van der Waals surface area contributed by atoms with Crippen LogP contribution in [0.15, 0.2) is 52.1 Å². The molecule has 1 aromatic carbocycles. The number of hydrogen-bond acceptors (Lipinski definition) is 14. The molecule has 226 valence electrons. The van der Waals surface area contributed by atoms with Crippen LogP contribution in [-0.4, -0.2) is 93.8 Å². The average Bonchev–Trinajstić information content (AvgIpc) is 3.35. The maximum absolute atomic E-state index is 13.1. The molecule has 6 N–H and O–H groups in total. The molecule has 0 spiro atoms. The molecule has 0 saturated carbocycles. The molecular weight excluding hydrogens is 600 g/mol. The van der Waals surface area contributed by atoms with Crippen molar-refractivity contribution in [1.29, 1.82) is 0 Å². The molecule has 1 aliphatic rings. The number of aliphatic carboxylic acids is 1. The number of amides is 2. The van der Waals surface area contributed by atoms with Gasteiger partial charge in [-0.2, -0.15) is 13.5 Å². The third-order valence-corrected chi connectivity index (χ3v) is 6.68. The quantitative estimate of drug-likeness (QED) is 0.0660. The monoisotopic (exact) mass is 626 g/mol. The Morgan fingerprint density at radius 2 is 1.98 bits per heavy atom. The number of rotatable bonds is 13. The van der Waals surface area contributed by atoms with E-state index in [9.17, 15) is 27.9 Å². The number of aliphatic hydroxyl groups is 1. The van der Waals surface area contributed by atoms with E-state index in [-0.39, 0.29) is 16.6 Å². The van der Waals surface area contributed by atoms with E-state index >= 15 is 0 Å². The van der Waals surface area contributed by atoms with Crippen LogP contribution in [0.4, 0.5) is 5.13 Å². The van der Waals surface area contributed by atoms with Gasteiger partial charge in [0, 0.05) is 18.0 Å². The molecule has 3 rings (SSSR count). The number of nitrogens with two attached hydrogens (primary N) is 1. The highest BCUT2D eigenvalue weighted by Crippen LogP contribution is 2.33. The summed E-state index contributed by atoms with van der Waals surface area (Å²) >= 11 is 0.945. The number of anilines is 1. The molecule has 2 amide bonds. The van der Waals surface area contributed by atoms with Gasteiger partial charge in [-0.15, -0.1) is 15.6 Å². The van der Waals surface area contributed by atoms with Gasteiger partial charge in [-0.25, -0.2) is 9.78 Å². The van der Waals surface area contributed by atoms with Crippen molar-refractivity contribution in [2.24, 2.45) is 10.1 Å². The largest absolute Gasteiger partial charge is 0.516 e. The van der Waals surface area contributed by atoms with E-state index in [0.717, 1.165) is 17.6 Å². The van der Waals surface area contributed by atoms with Crippen LogP contribution in [0.1, 0.15) is 25.1 Å². The average molecular weight is 627 g/mol. The lowest BCUT2D eigenvalue weighted by molar-refractivity contribution is -0.218. The van der Waals surface area contributed by atoms with Crippen LogP contribution in [0.25, 0.3) is 0 Å². The van der Waals surface area contributed by atoms with Crippen LogP contribution in [0.2, 0.25) is 0 Å². The fourth-order valence-corrected chi connectivity index (χ4v) is 4.55. The first-order chi connectivity index (χ1) is 19.7. The van der Waals surface area contributed by atoms with Gasteiger partial charge in [0.15, 0.2) is 10.8 Å². The first-order valence-electron chi connectivity index (χ1n) is 11.7. The molecule has 0 radical (unpaired) electrons. The van der Waals surface area contributed by atoms with E-state index in [1.165, 1.54) is 37.4 Å². The van der Waals surface area contributed by atoms with E-state index in [4.69, 9.17) is 25.0 Å². The number of aliphatic hydroxyl groups excluding tert-OH is 1. The number of ether oxygens (including phenoxy) is 1. The molecule has 0 bridgehead atoms. The maximum Gasteiger partial charge on any atom is 0.418 e. The van der Waals surface area contributed by atoms with Gasteiger partial charge < -0.3 is 30.8 Å². The van der Waals surface area contributed by atoms with Crippen molar-refractivity contribution >= 4 is 56.1 Å². The zero-order valence-electron chi connectivity index (χ0n) is 22.2. The second-order valence-corrected chi connectivity index (χ2v) is 10.8. The van der Waals surface area contributed by atoms with Crippen molar-refractivity contribution < 1.29 is 51.4 Å². The Morgan fingerprint density at radius 1 is 1.31 bits per heavy atom. The van der Waals surface area contributed by atoms with Crippen LogP contribution < -0.4 is 15.8 Å². The summed E-state index contributed by atoms with van der Waals surface area (Å²) < 4.78 is 40.7. The Balaban J connectivity index is 1.75. The van der Waals surface area contributed by atoms with Gasteiger partial charge in [-0.05, 0) is 44.2 Å². The second kappa shape index (κ2) is 12.9. The minimum Gasteiger partial charge on any atom is -0.516 e. The summed E-state index contributed by atoms with van der Waals surface area (Å²) in [6.07, 6.45) is 0.528. The Bertz CT molecular complexity index is 1530. The van der Waals surface area contributed by atoms with Crippen LogP contribution in [-0.2, 0) is 33.9 Å². The number of nitrogens with one attached hydrogen (secondary N) is 1. The molecule has 19 heteroatoms. The van der Waals surface area contributed by atoms with Gasteiger partial charge in [-0.3, -0.25) is 19.1 Å². The molecule has 1 saturated heterocycles. The second-order valence-electron chi connectivity index (χ2n) is 8.90. The summed E-state index contributed by atoms with van der Waals surface area (Å²) in [6, 6.07) is 5.01. The number of nitrogens with zero attached hydrogens (tertiary/aromatic N) is 4. The van der Waals surface area contributed by atoms with E-state index in [0.29, 0.717) is 16.3 Å². The molecule has 0 aliphatic carbocycles. The number of carbonyl (C=O) groups excluding carboxylic acids is 2. The molecule has 0 unspecified atom stereocenters. The van der Waals surface area contributed by atoms with Crippen molar-refractivity contribution in [3.05, 3.63) is 53.2 Å². The fraction of sp³-hybridized carbons (Fsp3) is 0.304. The van der Waals surface area contributed by atoms with E-state index in [1.54, 1.807) is 19.2 Å². The predicted octanol–water partition coefficient (Wildman–Crippen LogP) is 0.309. The summed E-state index contributed by atoms with van der Waals surface area (Å²) in [5.41, 5.74) is 4.73. The number of carboxylic acids is 1. The van der Waals surface area contributed by atoms with Crippen LogP contribution >= 0.6 is 11.3 Å². The molecule has 1 fully saturated rings. The van der Waals surface area contributed by atoms with Crippen LogP contribution in [0.3, 0.4) is 0 Å². The Kier molecular flexibility index (Phi) is 9.83. The molecule has 1 aliphatic heterocycles. The summed E-state index contributed by atoms with van der Waals surface area (Å²) in [6.45, 7) is 2.16. The SMILES string of the molecule is C/N=C(/C=C\O)c1ccc(OC[C@H](O/N=C(\C(=O)N[C@@H]2C(=O)N(OS(=O)(=O)O)C2(C)C)c2csc(N)n2)C(=O)O)cc1. The zero-order chi connectivity index (χ0) is 31.2. The molecule has 1 aromatic heterocycles. The highest BCUT2D eigenvalue weighted by Gasteiger charge is 2.58. The molecule has 2 atom stereocenters. The van der Waals surface area contributed by atoms with Crippen molar-refractivity contribution in [2.75, 3.05) is 19.4 Å². The highest BCUT2D eigenvalue weighted by atomic mass is 32.3. The minimum atomic E-state index is -5.02. The van der Waals surface area contributed by atoms with Crippen molar-refractivity contribution in [1.82, 2.24) is 15.4 Å². The van der Waals surface area contributed by atoms with Gasteiger partial charge in [0.1, 0.15) is 24.1 Å². The number of carbonyl (C=O) groups is 3. The van der Waals surface area contributed by atoms with Gasteiger partial charge in [-0.1, -0.05) is 5.16 Å². The number of oxime groups is 1. The number of thiazole rings is 1. The van der Waals surface area contributed by atoms with Gasteiger partial charge >= 0.3 is 16.4 Å². The van der Waals surface area contributed by atoms with E-state index in [2.05, 4.69) is 24.7 Å². The molecule has 42 heavy (non-hydrogen) atoms. The topological polar surface area (TPSA) is 253 Å². The summed E-state index contributed by atoms with van der Waals surface area (Å²) in [4.78, 5) is 50.5. The highest BCUT2D eigenvalue weighted by molar-refractivity contribution is 7.80. The number of benzene rings is 1. The number of aliphatic imine (C=N–C) groups is 1. The van der Waals surface area contributed by atoms with E-state index < -0.39 is 58.2 Å². The van der Waals surface area contributed by atoms with Crippen LogP contribution in [0.5, 0.6) is 5.75 Å². The molecule has 2 aromatic rings. The normalized spacial score (nSPS) is 18.0. The first-order valence-corrected chi connectivity index (χ1v) is 13.9. The number of carboxylic acid groups (broad SMARTS) is 1. The Labute approximate surface area is 242 Å². The first kappa shape index (κ1) is 31.9. The molecule has 2 heterocycles. The number of β-lactam (4-membered cyclic amide) rings is 1. The third kappa shape index (κ3) is 7.57. The van der Waals surface area contributed by atoms with Crippen molar-refractivity contribution in [2.45, 2.75) is 31.5 Å². The molecule has 17 nitrogen and oxygen atoms in total. The molecular formula is C23H26N6O11S2. The lowest BCUT2D eigenvalue weighted by Crippen LogP contribution is -2.76.